The van der Waals surface area contributed by atoms with Gasteiger partial charge in [-0.1, -0.05) is 34.1 Å². The summed E-state index contributed by atoms with van der Waals surface area (Å²) >= 11 is 0. The van der Waals surface area contributed by atoms with Gasteiger partial charge in [0.25, 0.3) is 0 Å². The highest BCUT2D eigenvalue weighted by Crippen LogP contribution is 2.43. The summed E-state index contributed by atoms with van der Waals surface area (Å²) in [4.78, 5) is 0. The predicted molar refractivity (Wildman–Crippen MR) is 73.6 cm³/mol. The van der Waals surface area contributed by atoms with Crippen molar-refractivity contribution in [3.8, 4) is 0 Å². The first-order valence-corrected chi connectivity index (χ1v) is 7.06. The van der Waals surface area contributed by atoms with Crippen molar-refractivity contribution >= 4 is 0 Å². The molecule has 0 heterocycles. The van der Waals surface area contributed by atoms with Gasteiger partial charge in [-0.2, -0.15) is 26.3 Å². The zero-order valence-electron chi connectivity index (χ0n) is 13.0. The minimum absolute atomic E-state index is 0.0940. The van der Waals surface area contributed by atoms with Gasteiger partial charge in [0.2, 0.25) is 0 Å². The van der Waals surface area contributed by atoms with E-state index in [0.29, 0.717) is 12.8 Å². The van der Waals surface area contributed by atoms with E-state index < -0.39 is 28.9 Å². The molecule has 0 aromatic heterocycles. The van der Waals surface area contributed by atoms with Gasteiger partial charge < -0.3 is 0 Å². The minimum atomic E-state index is -4.80. The third-order valence-electron chi connectivity index (χ3n) is 3.64. The highest BCUT2D eigenvalue weighted by atomic mass is 19.4. The van der Waals surface area contributed by atoms with Gasteiger partial charge in [0.05, 0.1) is 11.1 Å². The van der Waals surface area contributed by atoms with E-state index in [0.717, 1.165) is 12.1 Å². The van der Waals surface area contributed by atoms with Crippen LogP contribution in [-0.4, -0.2) is 0 Å². The molecule has 0 radical (unpaired) electrons. The van der Waals surface area contributed by atoms with Crippen LogP contribution in [0.25, 0.3) is 0 Å². The highest BCUT2D eigenvalue weighted by molar-refractivity contribution is 5.36. The third-order valence-corrected chi connectivity index (χ3v) is 3.64. The van der Waals surface area contributed by atoms with E-state index in [9.17, 15) is 26.3 Å². The first-order chi connectivity index (χ1) is 9.76. The lowest BCUT2D eigenvalue weighted by molar-refractivity contribution is -0.143. The maximum Gasteiger partial charge on any atom is 0.416 e. The molecule has 0 aliphatic heterocycles. The molecule has 1 aromatic carbocycles. The van der Waals surface area contributed by atoms with Gasteiger partial charge in [-0.3, -0.25) is 0 Å². The normalized spacial score (nSPS) is 15.0. The van der Waals surface area contributed by atoms with E-state index >= 15 is 0 Å². The van der Waals surface area contributed by atoms with E-state index in [4.69, 9.17) is 0 Å². The van der Waals surface area contributed by atoms with Crippen LogP contribution in [0.4, 0.5) is 26.3 Å². The largest absolute Gasteiger partial charge is 0.416 e. The smallest absolute Gasteiger partial charge is 0.166 e. The van der Waals surface area contributed by atoms with Gasteiger partial charge >= 0.3 is 12.4 Å². The summed E-state index contributed by atoms with van der Waals surface area (Å²) in [6, 6.07) is 1.87. The molecule has 126 valence electrons. The van der Waals surface area contributed by atoms with Gasteiger partial charge in [-0.25, -0.2) is 0 Å². The van der Waals surface area contributed by atoms with E-state index in [-0.39, 0.29) is 17.5 Å². The van der Waals surface area contributed by atoms with Crippen molar-refractivity contribution in [2.45, 2.75) is 58.8 Å². The Morgan fingerprint density at radius 3 is 1.50 bits per heavy atom. The monoisotopic (exact) mass is 326 g/mol. The van der Waals surface area contributed by atoms with Crippen molar-refractivity contribution in [2.24, 2.45) is 5.41 Å². The summed E-state index contributed by atoms with van der Waals surface area (Å²) < 4.78 is 77.5. The van der Waals surface area contributed by atoms with Crippen LogP contribution in [0, 0.1) is 5.41 Å². The molecule has 22 heavy (non-hydrogen) atoms. The second-order valence-electron chi connectivity index (χ2n) is 6.55. The van der Waals surface area contributed by atoms with E-state index in [1.807, 2.05) is 27.7 Å². The first-order valence-electron chi connectivity index (χ1n) is 7.06. The molecule has 0 aliphatic carbocycles. The lowest BCUT2D eigenvalue weighted by Gasteiger charge is -2.32. The summed E-state index contributed by atoms with van der Waals surface area (Å²) in [5.41, 5.74) is -2.83. The van der Waals surface area contributed by atoms with Crippen LogP contribution in [0.15, 0.2) is 18.2 Å². The molecule has 0 nitrogen and oxygen atoms in total. The summed E-state index contributed by atoms with van der Waals surface area (Å²) in [6.45, 7) is 7.32. The Morgan fingerprint density at radius 1 is 0.818 bits per heavy atom. The summed E-state index contributed by atoms with van der Waals surface area (Å²) in [6.07, 6.45) is -8.39. The van der Waals surface area contributed by atoms with E-state index in [1.54, 1.807) is 0 Å². The molecule has 0 spiro atoms. The molecule has 1 unspecified atom stereocenters. The van der Waals surface area contributed by atoms with Gasteiger partial charge in [-0.05, 0) is 41.5 Å². The van der Waals surface area contributed by atoms with Gasteiger partial charge in [0, 0.05) is 0 Å². The molecule has 0 amide bonds. The zero-order valence-corrected chi connectivity index (χ0v) is 13.0. The molecule has 0 fully saturated rings. The Balaban J connectivity index is 3.52. The average Bonchev–Trinajstić information content (AvgIpc) is 2.31. The first kappa shape index (κ1) is 18.8. The molecule has 1 atom stereocenters. The van der Waals surface area contributed by atoms with Crippen LogP contribution in [-0.2, 0) is 12.4 Å². The second kappa shape index (κ2) is 6.13. The van der Waals surface area contributed by atoms with Crippen LogP contribution in [0.3, 0.4) is 0 Å². The lowest BCUT2D eigenvalue weighted by Crippen LogP contribution is -2.20. The SMILES string of the molecule is CCCC(c1cc(C(F)(F)F)cc(C(F)(F)F)c1)C(C)(C)C. The molecule has 0 N–H and O–H groups in total. The maximum absolute atomic E-state index is 12.9. The second-order valence-corrected chi connectivity index (χ2v) is 6.55. The van der Waals surface area contributed by atoms with Gasteiger partial charge in [0.15, 0.2) is 0 Å². The van der Waals surface area contributed by atoms with Gasteiger partial charge in [0.1, 0.15) is 0 Å². The number of hydrogen-bond donors (Lipinski definition) is 0. The Morgan fingerprint density at radius 2 is 1.23 bits per heavy atom. The van der Waals surface area contributed by atoms with Crippen molar-refractivity contribution in [1.29, 1.82) is 0 Å². The lowest BCUT2D eigenvalue weighted by atomic mass is 9.73. The van der Waals surface area contributed by atoms with Crippen molar-refractivity contribution in [3.63, 3.8) is 0 Å². The van der Waals surface area contributed by atoms with Crippen LogP contribution in [0.5, 0.6) is 0 Å². The van der Waals surface area contributed by atoms with Crippen LogP contribution >= 0.6 is 0 Å². The van der Waals surface area contributed by atoms with Crippen molar-refractivity contribution in [2.75, 3.05) is 0 Å². The highest BCUT2D eigenvalue weighted by Gasteiger charge is 2.38. The molecular weight excluding hydrogens is 306 g/mol. The Kier molecular flexibility index (Phi) is 5.25. The Hall–Kier alpha value is -1.20. The summed E-state index contributed by atoms with van der Waals surface area (Å²) in [5.74, 6) is -0.374. The Labute approximate surface area is 126 Å². The third kappa shape index (κ3) is 4.65. The number of rotatable bonds is 3. The summed E-state index contributed by atoms with van der Waals surface area (Å²) in [7, 11) is 0. The number of hydrogen-bond acceptors (Lipinski definition) is 0. The number of halogens is 6. The summed E-state index contributed by atoms with van der Waals surface area (Å²) in [5, 5.41) is 0. The van der Waals surface area contributed by atoms with Gasteiger partial charge in [-0.15, -0.1) is 0 Å². The zero-order chi connectivity index (χ0) is 17.3. The standard InChI is InChI=1S/C16H20F6/c1-5-6-13(14(2,3)4)10-7-11(15(17,18)19)9-12(8-10)16(20,21)22/h7-9,13H,5-6H2,1-4H3. The maximum atomic E-state index is 12.9. The molecule has 1 aromatic rings. The van der Waals surface area contributed by atoms with Crippen LogP contribution in [0.1, 0.15) is 63.1 Å². The molecule has 0 bridgehead atoms. The topological polar surface area (TPSA) is 0 Å². The fourth-order valence-electron chi connectivity index (χ4n) is 2.57. The fourth-order valence-corrected chi connectivity index (χ4v) is 2.57. The van der Waals surface area contributed by atoms with Crippen molar-refractivity contribution < 1.29 is 26.3 Å². The van der Waals surface area contributed by atoms with E-state index in [1.165, 1.54) is 0 Å². The molecule has 1 rings (SSSR count). The van der Waals surface area contributed by atoms with Crippen molar-refractivity contribution in [1.82, 2.24) is 0 Å². The number of alkyl halides is 6. The Bertz CT molecular complexity index is 473. The molecular formula is C16H20F6. The quantitative estimate of drug-likeness (QED) is 0.545. The molecule has 0 saturated carbocycles. The molecule has 0 saturated heterocycles. The van der Waals surface area contributed by atoms with Crippen LogP contribution in [0.2, 0.25) is 0 Å². The molecule has 6 heteroatoms. The fraction of sp³-hybridized carbons (Fsp3) is 0.625. The average molecular weight is 326 g/mol. The minimum Gasteiger partial charge on any atom is -0.166 e. The van der Waals surface area contributed by atoms with Crippen LogP contribution < -0.4 is 0 Å². The molecule has 0 aliphatic rings. The van der Waals surface area contributed by atoms with Crippen molar-refractivity contribution in [3.05, 3.63) is 34.9 Å². The predicted octanol–water partition coefficient (Wildman–Crippen LogP) is 6.65. The number of benzene rings is 1. The van der Waals surface area contributed by atoms with E-state index in [2.05, 4.69) is 0 Å².